The first-order valence-electron chi connectivity index (χ1n) is 19.0. The summed E-state index contributed by atoms with van der Waals surface area (Å²) in [6.45, 7) is 0.299. The van der Waals surface area contributed by atoms with Crippen molar-refractivity contribution in [2.45, 2.75) is 44.2 Å². The number of fused-ring (bicyclic) bond motifs is 2. The largest absolute Gasteiger partial charge is 0.489 e. The monoisotopic (exact) mass is 859 g/mol. The number of carboxylic acids is 1. The van der Waals surface area contributed by atoms with Crippen LogP contribution in [0, 0.1) is 0 Å². The summed E-state index contributed by atoms with van der Waals surface area (Å²) < 4.78 is 12.2. The van der Waals surface area contributed by atoms with Gasteiger partial charge < -0.3 is 30.1 Å². The van der Waals surface area contributed by atoms with Gasteiger partial charge >= 0.3 is 5.97 Å². The second-order valence-corrected chi connectivity index (χ2v) is 15.8. The molecular weight excluding hydrogens is 825 g/mol. The van der Waals surface area contributed by atoms with E-state index in [1.54, 1.807) is 91.0 Å². The third kappa shape index (κ3) is 8.96. The fourth-order valence-corrected chi connectivity index (χ4v) is 7.76. The third-order valence-corrected chi connectivity index (χ3v) is 11.5. The highest BCUT2D eigenvalue weighted by molar-refractivity contribution is 6.42. The van der Waals surface area contributed by atoms with Crippen molar-refractivity contribution in [3.05, 3.63) is 182 Å². The number of hydrogen-bond donors (Lipinski definition) is 3. The summed E-state index contributed by atoms with van der Waals surface area (Å²) in [6, 6.07) is 36.9. The summed E-state index contributed by atoms with van der Waals surface area (Å²) in [4.78, 5) is 55.6. The zero-order valence-corrected chi connectivity index (χ0v) is 34.0. The highest BCUT2D eigenvalue weighted by Gasteiger charge is 2.39. The van der Waals surface area contributed by atoms with Crippen LogP contribution < -0.4 is 20.1 Å². The first kappa shape index (κ1) is 40.4. The Bertz CT molecular complexity index is 2590. The minimum atomic E-state index is -1.27. The summed E-state index contributed by atoms with van der Waals surface area (Å²) in [6.07, 6.45) is -0.881. The van der Waals surface area contributed by atoms with Gasteiger partial charge in [0.25, 0.3) is 11.8 Å². The van der Waals surface area contributed by atoms with Crippen LogP contribution in [0.5, 0.6) is 11.5 Å². The molecule has 0 spiro atoms. The van der Waals surface area contributed by atoms with Crippen molar-refractivity contribution in [3.63, 3.8) is 0 Å². The van der Waals surface area contributed by atoms with Crippen LogP contribution in [0.1, 0.15) is 44.3 Å². The topological polar surface area (TPSA) is 134 Å². The average molecular weight is 861 g/mol. The van der Waals surface area contributed by atoms with Gasteiger partial charge in [0.15, 0.2) is 0 Å². The van der Waals surface area contributed by atoms with Gasteiger partial charge in [0, 0.05) is 35.5 Å². The van der Waals surface area contributed by atoms with Crippen LogP contribution in [0.15, 0.2) is 133 Å². The van der Waals surface area contributed by atoms with E-state index >= 15 is 0 Å². The molecule has 3 N–H and O–H groups in total. The van der Waals surface area contributed by atoms with E-state index in [1.165, 1.54) is 4.90 Å². The number of benzene rings is 6. The number of nitrogens with one attached hydrogen (secondary N) is 2. The van der Waals surface area contributed by atoms with Gasteiger partial charge in [-0.3, -0.25) is 14.4 Å². The van der Waals surface area contributed by atoms with E-state index in [2.05, 4.69) is 10.6 Å². The molecule has 2 aliphatic heterocycles. The lowest BCUT2D eigenvalue weighted by molar-refractivity contribution is -0.142. The lowest BCUT2D eigenvalue weighted by atomic mass is 9.91. The number of ether oxygens (including phenoxy) is 2. The number of halogens is 3. The molecule has 0 bridgehead atoms. The van der Waals surface area contributed by atoms with Crippen LogP contribution >= 0.6 is 34.8 Å². The van der Waals surface area contributed by atoms with Crippen molar-refractivity contribution in [3.8, 4) is 22.6 Å². The second-order valence-electron chi connectivity index (χ2n) is 14.5. The van der Waals surface area contributed by atoms with Gasteiger partial charge in [0.1, 0.15) is 30.2 Å². The van der Waals surface area contributed by atoms with Crippen LogP contribution in [0.4, 0.5) is 5.69 Å². The predicted octanol–water partition coefficient (Wildman–Crippen LogP) is 9.34. The maximum Gasteiger partial charge on any atom is 0.326 e. The van der Waals surface area contributed by atoms with Crippen molar-refractivity contribution >= 4 is 64.2 Å². The Balaban J connectivity index is 0.994. The Morgan fingerprint density at radius 3 is 2.17 bits per heavy atom. The van der Waals surface area contributed by atoms with Crippen LogP contribution in [0.2, 0.25) is 15.1 Å². The molecule has 0 aromatic heterocycles. The molecule has 0 radical (unpaired) electrons. The van der Waals surface area contributed by atoms with Gasteiger partial charge in [-0.05, 0) is 94.0 Å². The van der Waals surface area contributed by atoms with Crippen molar-refractivity contribution in [1.29, 1.82) is 0 Å². The van der Waals surface area contributed by atoms with Crippen molar-refractivity contribution in [2.75, 3.05) is 5.32 Å². The minimum Gasteiger partial charge on any atom is -0.489 e. The van der Waals surface area contributed by atoms with Gasteiger partial charge in [-0.25, -0.2) is 4.79 Å². The molecule has 8 rings (SSSR count). The first-order chi connectivity index (χ1) is 29.0. The smallest absolute Gasteiger partial charge is 0.326 e. The number of hydrogen-bond acceptors (Lipinski definition) is 6. The quantitative estimate of drug-likeness (QED) is 0.118. The molecular formula is C47H36Cl3N3O7. The van der Waals surface area contributed by atoms with E-state index in [1.807, 2.05) is 42.5 Å². The first-order valence-corrected chi connectivity index (χ1v) is 20.2. The van der Waals surface area contributed by atoms with E-state index in [0.717, 1.165) is 22.3 Å². The van der Waals surface area contributed by atoms with Gasteiger partial charge in [-0.1, -0.05) is 108 Å². The summed E-state index contributed by atoms with van der Waals surface area (Å²) in [5.41, 5.74) is 6.26. The standard InChI is InChI=1S/C47H36Cl3N3O7/c48-35-15-11-30(12-16-35)29-9-6-27(7-10-29)21-40(47(57)58)52-44(54)41-23-33-22-39-42(24-34(33)25-53(41)46(56)32-4-2-1-3-5-32)60-43(45(55)51-39)31-13-17-36(18-14-31)59-26-28-8-19-37(49)38(50)20-28/h1-20,22,24,40-41,43H,21,23,25-26H2,(H,51,55)(H,52,54)(H,57,58). The third-order valence-electron chi connectivity index (χ3n) is 10.5. The number of carbonyl (C=O) groups excluding carboxylic acids is 3. The molecule has 13 heteroatoms. The normalized spacial score (nSPS) is 16.1. The Labute approximate surface area is 360 Å². The molecule has 2 heterocycles. The summed E-state index contributed by atoms with van der Waals surface area (Å²) in [7, 11) is 0. The lowest BCUT2D eigenvalue weighted by Gasteiger charge is -2.37. The Kier molecular flexibility index (Phi) is 11.8. The van der Waals surface area contributed by atoms with Crippen LogP contribution in [0.3, 0.4) is 0 Å². The lowest BCUT2D eigenvalue weighted by Crippen LogP contribution is -2.56. The molecule has 6 aromatic rings. The Morgan fingerprint density at radius 2 is 1.48 bits per heavy atom. The highest BCUT2D eigenvalue weighted by atomic mass is 35.5. The summed E-state index contributed by atoms with van der Waals surface area (Å²) >= 11 is 18.2. The molecule has 3 atom stereocenters. The van der Waals surface area contributed by atoms with E-state index < -0.39 is 36.0 Å². The molecule has 0 saturated carbocycles. The SMILES string of the molecule is O=C(O)C(Cc1ccc(-c2ccc(Cl)cc2)cc1)NC(=O)C1Cc2cc3c(cc2CN1C(=O)c1ccccc1)OC(c1ccc(OCc2ccc(Cl)c(Cl)c2)cc1)C(=O)N3. The maximum absolute atomic E-state index is 14.1. The number of carboxylic acid groups (broad SMARTS) is 1. The zero-order valence-electron chi connectivity index (χ0n) is 31.7. The van der Waals surface area contributed by atoms with E-state index in [-0.39, 0.29) is 31.9 Å². The summed E-state index contributed by atoms with van der Waals surface area (Å²) in [5.74, 6) is -1.62. The number of carbonyl (C=O) groups is 4. The predicted molar refractivity (Wildman–Crippen MR) is 230 cm³/mol. The van der Waals surface area contributed by atoms with Gasteiger partial charge in [-0.15, -0.1) is 0 Å². The fourth-order valence-electron chi connectivity index (χ4n) is 7.32. The molecule has 302 valence electrons. The van der Waals surface area contributed by atoms with Crippen LogP contribution in [0.25, 0.3) is 11.1 Å². The number of amides is 3. The van der Waals surface area contributed by atoms with Crippen molar-refractivity contribution < 1.29 is 33.8 Å². The molecule has 0 saturated heterocycles. The molecule has 3 amide bonds. The summed E-state index contributed by atoms with van der Waals surface area (Å²) in [5, 5.41) is 17.4. The number of rotatable bonds is 11. The van der Waals surface area contributed by atoms with E-state index in [4.69, 9.17) is 44.3 Å². The number of nitrogens with zero attached hydrogens (tertiary/aromatic N) is 1. The molecule has 0 aliphatic carbocycles. The molecule has 3 unspecified atom stereocenters. The van der Waals surface area contributed by atoms with Crippen molar-refractivity contribution in [1.82, 2.24) is 10.2 Å². The number of aliphatic carboxylic acids is 1. The zero-order chi connectivity index (χ0) is 41.9. The van der Waals surface area contributed by atoms with Gasteiger partial charge in [-0.2, -0.15) is 0 Å². The molecule has 0 fully saturated rings. The van der Waals surface area contributed by atoms with E-state index in [0.29, 0.717) is 54.5 Å². The van der Waals surface area contributed by atoms with E-state index in [9.17, 15) is 24.3 Å². The fraction of sp³-hybridized carbons (Fsp3) is 0.149. The van der Waals surface area contributed by atoms with Crippen molar-refractivity contribution in [2.24, 2.45) is 0 Å². The van der Waals surface area contributed by atoms with Crippen LogP contribution in [-0.4, -0.2) is 45.8 Å². The molecule has 60 heavy (non-hydrogen) atoms. The Morgan fingerprint density at radius 1 is 0.800 bits per heavy atom. The Hall–Kier alpha value is -6.33. The van der Waals surface area contributed by atoms with Gasteiger partial charge in [0.05, 0.1) is 15.7 Å². The second kappa shape index (κ2) is 17.5. The molecule has 6 aromatic carbocycles. The molecule has 10 nitrogen and oxygen atoms in total. The van der Waals surface area contributed by atoms with Gasteiger partial charge in [0.2, 0.25) is 12.0 Å². The molecule has 2 aliphatic rings. The average Bonchev–Trinajstić information content (AvgIpc) is 3.26. The highest BCUT2D eigenvalue weighted by Crippen LogP contribution is 2.40. The minimum absolute atomic E-state index is 0.0183. The van der Waals surface area contributed by atoms with Crippen LogP contribution in [-0.2, 0) is 40.4 Å². The maximum atomic E-state index is 14.1. The number of anilines is 1.